The molecule has 0 aliphatic heterocycles. The number of pyridine rings is 1. The number of nitrogens with one attached hydrogen (secondary N) is 2. The average molecular weight is 337 g/mol. The number of para-hydroxylation sites is 1. The second-order valence-electron chi connectivity index (χ2n) is 5.56. The molecule has 1 aromatic carbocycles. The fourth-order valence-corrected chi connectivity index (χ4v) is 2.48. The Balaban J connectivity index is 1.65. The van der Waals surface area contributed by atoms with Gasteiger partial charge in [-0.3, -0.25) is 14.9 Å². The summed E-state index contributed by atoms with van der Waals surface area (Å²) in [6.45, 7) is 1.86. The van der Waals surface area contributed by atoms with E-state index >= 15 is 0 Å². The summed E-state index contributed by atoms with van der Waals surface area (Å²) in [6, 6.07) is 10.8. The van der Waals surface area contributed by atoms with Gasteiger partial charge in [0.2, 0.25) is 5.91 Å². The van der Waals surface area contributed by atoms with E-state index in [1.165, 1.54) is 0 Å². The van der Waals surface area contributed by atoms with Crippen LogP contribution in [-0.4, -0.2) is 33.2 Å². The zero-order valence-electron chi connectivity index (χ0n) is 14.1. The largest absolute Gasteiger partial charge is 0.496 e. The minimum Gasteiger partial charge on any atom is -0.496 e. The van der Waals surface area contributed by atoms with Gasteiger partial charge in [-0.05, 0) is 25.1 Å². The van der Waals surface area contributed by atoms with E-state index in [-0.39, 0.29) is 18.4 Å². The van der Waals surface area contributed by atoms with Crippen molar-refractivity contribution in [3.63, 3.8) is 0 Å². The minimum atomic E-state index is -0.287. The van der Waals surface area contributed by atoms with Crippen molar-refractivity contribution in [2.45, 2.75) is 19.4 Å². The third kappa shape index (κ3) is 4.00. The quantitative estimate of drug-likeness (QED) is 0.720. The number of carbonyl (C=O) groups is 1. The van der Waals surface area contributed by atoms with Crippen molar-refractivity contribution in [3.8, 4) is 17.1 Å². The van der Waals surface area contributed by atoms with Gasteiger partial charge in [0.1, 0.15) is 11.6 Å². The Bertz CT molecular complexity index is 847. The maximum absolute atomic E-state index is 12.3. The molecule has 7 heteroatoms. The third-order valence-corrected chi connectivity index (χ3v) is 3.77. The highest BCUT2D eigenvalue weighted by Gasteiger charge is 2.16. The Morgan fingerprint density at radius 2 is 2.00 bits per heavy atom. The number of benzene rings is 1. The molecule has 1 amide bonds. The van der Waals surface area contributed by atoms with Crippen LogP contribution in [0, 0.1) is 0 Å². The van der Waals surface area contributed by atoms with Crippen molar-refractivity contribution in [2.24, 2.45) is 0 Å². The van der Waals surface area contributed by atoms with Crippen LogP contribution in [0.1, 0.15) is 24.4 Å². The molecule has 0 bridgehead atoms. The summed E-state index contributed by atoms with van der Waals surface area (Å²) in [5.74, 6) is 1.76. The number of ether oxygens (including phenoxy) is 1. The Kier molecular flexibility index (Phi) is 5.03. The molecule has 2 N–H and O–H groups in total. The Morgan fingerprint density at radius 1 is 1.24 bits per heavy atom. The van der Waals surface area contributed by atoms with E-state index in [1.807, 2.05) is 43.3 Å². The third-order valence-electron chi connectivity index (χ3n) is 3.77. The second-order valence-corrected chi connectivity index (χ2v) is 5.56. The van der Waals surface area contributed by atoms with E-state index in [1.54, 1.807) is 19.5 Å². The first-order valence-electron chi connectivity index (χ1n) is 7.91. The second kappa shape index (κ2) is 7.57. The molecule has 0 aliphatic carbocycles. The predicted octanol–water partition coefficient (Wildman–Crippen LogP) is 2.30. The summed E-state index contributed by atoms with van der Waals surface area (Å²) >= 11 is 0. The molecule has 0 saturated heterocycles. The lowest BCUT2D eigenvalue weighted by Crippen LogP contribution is -2.28. The van der Waals surface area contributed by atoms with E-state index < -0.39 is 0 Å². The summed E-state index contributed by atoms with van der Waals surface area (Å²) in [4.78, 5) is 20.7. The van der Waals surface area contributed by atoms with Crippen LogP contribution < -0.4 is 10.1 Å². The maximum atomic E-state index is 12.3. The Morgan fingerprint density at radius 3 is 2.76 bits per heavy atom. The number of H-pyrrole nitrogens is 1. The van der Waals surface area contributed by atoms with Crippen molar-refractivity contribution < 1.29 is 9.53 Å². The molecule has 0 fully saturated rings. The summed E-state index contributed by atoms with van der Waals surface area (Å²) in [6.07, 6.45) is 3.60. The number of aromatic nitrogens is 4. The summed E-state index contributed by atoms with van der Waals surface area (Å²) < 4.78 is 5.27. The predicted molar refractivity (Wildman–Crippen MR) is 92.9 cm³/mol. The summed E-state index contributed by atoms with van der Waals surface area (Å²) in [5, 5.41) is 9.99. The highest BCUT2D eigenvalue weighted by atomic mass is 16.5. The smallest absolute Gasteiger partial charge is 0.225 e. The average Bonchev–Trinajstić information content (AvgIpc) is 3.13. The van der Waals surface area contributed by atoms with E-state index in [9.17, 15) is 4.79 Å². The lowest BCUT2D eigenvalue weighted by atomic mass is 10.1. The molecular weight excluding hydrogens is 318 g/mol. The van der Waals surface area contributed by atoms with Gasteiger partial charge in [0, 0.05) is 23.5 Å². The first-order chi connectivity index (χ1) is 12.2. The van der Waals surface area contributed by atoms with Crippen LogP contribution in [0.2, 0.25) is 0 Å². The van der Waals surface area contributed by atoms with Gasteiger partial charge in [0.25, 0.3) is 0 Å². The van der Waals surface area contributed by atoms with Crippen molar-refractivity contribution in [3.05, 3.63) is 60.2 Å². The molecule has 25 heavy (non-hydrogen) atoms. The number of hydrogen-bond acceptors (Lipinski definition) is 5. The molecule has 1 atom stereocenters. The van der Waals surface area contributed by atoms with Crippen molar-refractivity contribution in [1.82, 2.24) is 25.5 Å². The number of aromatic amines is 1. The van der Waals surface area contributed by atoms with E-state index in [0.717, 1.165) is 11.1 Å². The van der Waals surface area contributed by atoms with Crippen molar-refractivity contribution >= 4 is 5.91 Å². The van der Waals surface area contributed by atoms with Crippen LogP contribution in [-0.2, 0) is 11.2 Å². The lowest BCUT2D eigenvalue weighted by Gasteiger charge is -2.12. The molecule has 3 rings (SSSR count). The van der Waals surface area contributed by atoms with Crippen LogP contribution in [0.25, 0.3) is 11.4 Å². The summed E-state index contributed by atoms with van der Waals surface area (Å²) in [5.41, 5.74) is 1.70. The first-order valence-corrected chi connectivity index (χ1v) is 7.91. The van der Waals surface area contributed by atoms with Crippen molar-refractivity contribution in [2.75, 3.05) is 7.11 Å². The maximum Gasteiger partial charge on any atom is 0.225 e. The van der Waals surface area contributed by atoms with Crippen LogP contribution >= 0.6 is 0 Å². The zero-order valence-corrected chi connectivity index (χ0v) is 14.1. The topological polar surface area (TPSA) is 92.8 Å². The first kappa shape index (κ1) is 16.6. The minimum absolute atomic E-state index is 0.112. The molecule has 0 saturated carbocycles. The fraction of sp³-hybridized carbons (Fsp3) is 0.222. The van der Waals surface area contributed by atoms with Gasteiger partial charge in [-0.1, -0.05) is 18.2 Å². The number of methoxy groups -OCH3 is 1. The standard InChI is InChI=1S/C18H19N5O2/c1-12(17-21-18(23-22-17)13-7-9-19-10-8-13)20-16(24)11-14-5-3-4-6-15(14)25-2/h3-10,12H,11H2,1-2H3,(H,20,24)(H,21,22,23)/t12-/m0/s1. The lowest BCUT2D eigenvalue weighted by molar-refractivity contribution is -0.121. The van der Waals surface area contributed by atoms with Gasteiger partial charge in [0.05, 0.1) is 19.6 Å². The van der Waals surface area contributed by atoms with Crippen molar-refractivity contribution in [1.29, 1.82) is 0 Å². The van der Waals surface area contributed by atoms with Gasteiger partial charge in [0.15, 0.2) is 5.82 Å². The zero-order chi connectivity index (χ0) is 17.6. The van der Waals surface area contributed by atoms with Gasteiger partial charge in [-0.2, -0.15) is 5.10 Å². The van der Waals surface area contributed by atoms with Gasteiger partial charge < -0.3 is 10.1 Å². The molecule has 0 unspecified atom stereocenters. The molecule has 3 aromatic rings. The fourth-order valence-electron chi connectivity index (χ4n) is 2.48. The molecule has 2 heterocycles. The van der Waals surface area contributed by atoms with Crippen LogP contribution in [0.4, 0.5) is 0 Å². The Hall–Kier alpha value is -3.22. The van der Waals surface area contributed by atoms with E-state index in [4.69, 9.17) is 4.74 Å². The molecule has 0 spiro atoms. The molecule has 128 valence electrons. The van der Waals surface area contributed by atoms with Crippen LogP contribution in [0.5, 0.6) is 5.75 Å². The molecule has 0 aliphatic rings. The van der Waals surface area contributed by atoms with E-state index in [0.29, 0.717) is 17.4 Å². The van der Waals surface area contributed by atoms with Gasteiger partial charge in [-0.15, -0.1) is 0 Å². The highest BCUT2D eigenvalue weighted by Crippen LogP contribution is 2.19. The molecular formula is C18H19N5O2. The number of amides is 1. The number of nitrogens with zero attached hydrogens (tertiary/aromatic N) is 3. The number of carbonyl (C=O) groups excluding carboxylic acids is 1. The SMILES string of the molecule is COc1ccccc1CC(=O)N[C@@H](C)c1nc(-c2ccncc2)n[nH]1. The van der Waals surface area contributed by atoms with Crippen LogP contribution in [0.15, 0.2) is 48.8 Å². The molecule has 7 nitrogen and oxygen atoms in total. The Labute approximate surface area is 145 Å². The van der Waals surface area contributed by atoms with Gasteiger partial charge in [-0.25, -0.2) is 4.98 Å². The number of rotatable bonds is 6. The number of hydrogen-bond donors (Lipinski definition) is 2. The molecule has 0 radical (unpaired) electrons. The normalized spacial score (nSPS) is 11.8. The van der Waals surface area contributed by atoms with Crippen LogP contribution in [0.3, 0.4) is 0 Å². The molecule has 2 aromatic heterocycles. The van der Waals surface area contributed by atoms with E-state index in [2.05, 4.69) is 25.5 Å². The van der Waals surface area contributed by atoms with Gasteiger partial charge >= 0.3 is 0 Å². The monoisotopic (exact) mass is 337 g/mol. The summed E-state index contributed by atoms with van der Waals surface area (Å²) in [7, 11) is 1.59. The highest BCUT2D eigenvalue weighted by molar-refractivity contribution is 5.79.